The van der Waals surface area contributed by atoms with Crippen molar-refractivity contribution in [1.82, 2.24) is 0 Å². The zero-order chi connectivity index (χ0) is 24.8. The standard InChI is InChI=1S/C24H26O10/c25-21(26)17-3-7-19(8-4-17)23(29)33-15-13-31-11-1-2-12-32-14-16-34-24(30)20-9-5-18(6-10-20)22(27)28/h3-10H,1-2,11-16H2,(H,25,26)(H,27,28). The Balaban J connectivity index is 1.43. The van der Waals surface area contributed by atoms with Gasteiger partial charge in [0.15, 0.2) is 0 Å². The van der Waals surface area contributed by atoms with Gasteiger partial charge in [0.2, 0.25) is 0 Å². The van der Waals surface area contributed by atoms with E-state index in [1.807, 2.05) is 0 Å². The number of rotatable bonds is 15. The van der Waals surface area contributed by atoms with Crippen LogP contribution >= 0.6 is 0 Å². The summed E-state index contributed by atoms with van der Waals surface area (Å²) in [5, 5.41) is 17.7. The van der Waals surface area contributed by atoms with E-state index in [1.165, 1.54) is 48.5 Å². The first-order chi connectivity index (χ1) is 16.4. The molecule has 0 unspecified atom stereocenters. The Morgan fingerprint density at radius 3 is 1.15 bits per heavy atom. The van der Waals surface area contributed by atoms with Gasteiger partial charge in [0.05, 0.1) is 35.5 Å². The number of unbranched alkanes of at least 4 members (excludes halogenated alkanes) is 1. The zero-order valence-electron chi connectivity index (χ0n) is 18.4. The molecule has 0 bridgehead atoms. The van der Waals surface area contributed by atoms with E-state index in [2.05, 4.69) is 0 Å². The summed E-state index contributed by atoms with van der Waals surface area (Å²) >= 11 is 0. The van der Waals surface area contributed by atoms with Crippen LogP contribution in [0.15, 0.2) is 48.5 Å². The summed E-state index contributed by atoms with van der Waals surface area (Å²) in [6, 6.07) is 10.9. The van der Waals surface area contributed by atoms with Crippen molar-refractivity contribution in [2.45, 2.75) is 12.8 Å². The minimum atomic E-state index is -1.07. The largest absolute Gasteiger partial charge is 0.478 e. The maximum atomic E-state index is 11.9. The van der Waals surface area contributed by atoms with Gasteiger partial charge < -0.3 is 29.2 Å². The summed E-state index contributed by atoms with van der Waals surface area (Å²) in [7, 11) is 0. The van der Waals surface area contributed by atoms with E-state index >= 15 is 0 Å². The van der Waals surface area contributed by atoms with Crippen molar-refractivity contribution in [1.29, 1.82) is 0 Å². The van der Waals surface area contributed by atoms with E-state index in [9.17, 15) is 19.2 Å². The lowest BCUT2D eigenvalue weighted by atomic mass is 10.1. The lowest BCUT2D eigenvalue weighted by molar-refractivity contribution is 0.0253. The molecule has 0 spiro atoms. The van der Waals surface area contributed by atoms with Gasteiger partial charge >= 0.3 is 23.9 Å². The number of benzene rings is 2. The Kier molecular flexibility index (Phi) is 11.2. The number of aromatic carboxylic acids is 2. The molecule has 0 saturated heterocycles. The highest BCUT2D eigenvalue weighted by atomic mass is 16.6. The molecular formula is C24H26O10. The Bertz CT molecular complexity index is 871. The summed E-state index contributed by atoms with van der Waals surface area (Å²) in [6.45, 7) is 1.58. The van der Waals surface area contributed by atoms with Gasteiger partial charge in [-0.3, -0.25) is 0 Å². The first-order valence-electron chi connectivity index (χ1n) is 10.5. The molecule has 0 aliphatic carbocycles. The molecule has 0 aliphatic heterocycles. The average Bonchev–Trinajstić information content (AvgIpc) is 2.84. The van der Waals surface area contributed by atoms with Gasteiger partial charge in [0.25, 0.3) is 0 Å². The van der Waals surface area contributed by atoms with Crippen molar-refractivity contribution in [2.75, 3.05) is 39.6 Å². The van der Waals surface area contributed by atoms with E-state index in [1.54, 1.807) is 0 Å². The van der Waals surface area contributed by atoms with E-state index < -0.39 is 23.9 Å². The maximum absolute atomic E-state index is 11.9. The summed E-state index contributed by atoms with van der Waals surface area (Å²) < 4.78 is 20.9. The van der Waals surface area contributed by atoms with Crippen molar-refractivity contribution in [3.8, 4) is 0 Å². The SMILES string of the molecule is O=C(O)c1ccc(C(=O)OCCOCCCCOCCOC(=O)c2ccc(C(=O)O)cc2)cc1. The summed E-state index contributed by atoms with van der Waals surface area (Å²) in [4.78, 5) is 45.3. The van der Waals surface area contributed by atoms with Gasteiger partial charge in [-0.2, -0.15) is 0 Å². The third-order valence-electron chi connectivity index (χ3n) is 4.48. The number of hydrogen-bond donors (Lipinski definition) is 2. The molecule has 2 N–H and O–H groups in total. The number of carbonyl (C=O) groups is 4. The van der Waals surface area contributed by atoms with Gasteiger partial charge in [0, 0.05) is 13.2 Å². The fourth-order valence-electron chi connectivity index (χ4n) is 2.66. The maximum Gasteiger partial charge on any atom is 0.338 e. The molecule has 0 amide bonds. The minimum absolute atomic E-state index is 0.0837. The second-order valence-corrected chi connectivity index (χ2v) is 6.97. The van der Waals surface area contributed by atoms with E-state index in [-0.39, 0.29) is 48.7 Å². The van der Waals surface area contributed by atoms with Crippen LogP contribution < -0.4 is 0 Å². The van der Waals surface area contributed by atoms with Crippen LogP contribution in [0.4, 0.5) is 0 Å². The van der Waals surface area contributed by atoms with Gasteiger partial charge in [0.1, 0.15) is 13.2 Å². The first-order valence-corrected chi connectivity index (χ1v) is 10.5. The molecule has 10 nitrogen and oxygen atoms in total. The van der Waals surface area contributed by atoms with E-state index in [0.717, 1.165) is 12.8 Å². The molecule has 0 atom stereocenters. The monoisotopic (exact) mass is 474 g/mol. The third-order valence-corrected chi connectivity index (χ3v) is 4.48. The molecule has 2 rings (SSSR count). The Labute approximate surface area is 196 Å². The van der Waals surface area contributed by atoms with Gasteiger partial charge in [-0.05, 0) is 61.4 Å². The van der Waals surface area contributed by atoms with Crippen LogP contribution in [0.25, 0.3) is 0 Å². The van der Waals surface area contributed by atoms with Crippen molar-refractivity contribution >= 4 is 23.9 Å². The minimum Gasteiger partial charge on any atom is -0.478 e. The number of carboxylic acids is 2. The number of hydrogen-bond acceptors (Lipinski definition) is 8. The summed E-state index contributed by atoms with van der Waals surface area (Å²) in [5.41, 5.74) is 0.720. The second kappa shape index (κ2) is 14.4. The topological polar surface area (TPSA) is 146 Å². The van der Waals surface area contributed by atoms with Crippen LogP contribution in [-0.2, 0) is 18.9 Å². The van der Waals surface area contributed by atoms with Crippen molar-refractivity contribution in [2.24, 2.45) is 0 Å². The van der Waals surface area contributed by atoms with Crippen LogP contribution in [0.3, 0.4) is 0 Å². The molecule has 34 heavy (non-hydrogen) atoms. The van der Waals surface area contributed by atoms with Crippen LogP contribution in [0.1, 0.15) is 54.3 Å². The fraction of sp³-hybridized carbons (Fsp3) is 0.333. The zero-order valence-corrected chi connectivity index (χ0v) is 18.4. The number of ether oxygens (including phenoxy) is 4. The predicted octanol–water partition coefficient (Wildman–Crippen LogP) is 2.91. The molecule has 10 heteroatoms. The van der Waals surface area contributed by atoms with Gasteiger partial charge in [-0.1, -0.05) is 0 Å². The Morgan fingerprint density at radius 1 is 0.500 bits per heavy atom. The first kappa shape index (κ1) is 26.5. The molecule has 2 aromatic rings. The molecule has 0 fully saturated rings. The van der Waals surface area contributed by atoms with Crippen molar-refractivity contribution < 1.29 is 48.3 Å². The van der Waals surface area contributed by atoms with E-state index in [4.69, 9.17) is 29.2 Å². The summed E-state index contributed by atoms with van der Waals surface area (Å²) in [5.74, 6) is -3.23. The average molecular weight is 474 g/mol. The van der Waals surface area contributed by atoms with Gasteiger partial charge in [-0.25, -0.2) is 19.2 Å². The molecular weight excluding hydrogens is 448 g/mol. The third kappa shape index (κ3) is 9.39. The predicted molar refractivity (Wildman–Crippen MR) is 118 cm³/mol. The van der Waals surface area contributed by atoms with Crippen LogP contribution in [0.2, 0.25) is 0 Å². The quantitative estimate of drug-likeness (QED) is 0.292. The highest BCUT2D eigenvalue weighted by Gasteiger charge is 2.10. The highest BCUT2D eigenvalue weighted by molar-refractivity contribution is 5.93. The Hall–Kier alpha value is -3.76. The van der Waals surface area contributed by atoms with Crippen molar-refractivity contribution in [3.05, 3.63) is 70.8 Å². The normalized spacial score (nSPS) is 10.5. The molecule has 182 valence electrons. The number of carboxylic acid groups (broad SMARTS) is 2. The molecule has 0 heterocycles. The highest BCUT2D eigenvalue weighted by Crippen LogP contribution is 2.07. The van der Waals surface area contributed by atoms with E-state index in [0.29, 0.717) is 13.2 Å². The lowest BCUT2D eigenvalue weighted by Gasteiger charge is -2.08. The summed E-state index contributed by atoms with van der Waals surface area (Å²) in [6.07, 6.45) is 1.47. The fourth-order valence-corrected chi connectivity index (χ4v) is 2.66. The second-order valence-electron chi connectivity index (χ2n) is 6.97. The molecule has 0 aliphatic rings. The number of carbonyl (C=O) groups excluding carboxylic acids is 2. The molecule has 2 aromatic carbocycles. The molecule has 0 aromatic heterocycles. The smallest absolute Gasteiger partial charge is 0.338 e. The Morgan fingerprint density at radius 2 is 0.824 bits per heavy atom. The van der Waals surface area contributed by atoms with Gasteiger partial charge in [-0.15, -0.1) is 0 Å². The van der Waals surface area contributed by atoms with Crippen molar-refractivity contribution in [3.63, 3.8) is 0 Å². The molecule has 0 radical (unpaired) electrons. The number of esters is 2. The molecule has 0 saturated carbocycles. The van der Waals surface area contributed by atoms with Crippen LogP contribution in [0.5, 0.6) is 0 Å². The van der Waals surface area contributed by atoms with Crippen LogP contribution in [0, 0.1) is 0 Å². The van der Waals surface area contributed by atoms with Crippen LogP contribution in [-0.4, -0.2) is 73.7 Å². The lowest BCUT2D eigenvalue weighted by Crippen LogP contribution is -2.12.